The maximum absolute atomic E-state index is 13.2. The van der Waals surface area contributed by atoms with Crippen LogP contribution in [0.5, 0.6) is 5.75 Å². The molecule has 0 aliphatic carbocycles. The maximum atomic E-state index is 13.2. The topological polar surface area (TPSA) is 59.3 Å². The van der Waals surface area contributed by atoms with Crippen LogP contribution in [0.4, 0.5) is 0 Å². The summed E-state index contributed by atoms with van der Waals surface area (Å²) in [5.41, 5.74) is 1.84. The highest BCUT2D eigenvalue weighted by molar-refractivity contribution is 9.10. The summed E-state index contributed by atoms with van der Waals surface area (Å²) in [7, 11) is -4.05. The van der Waals surface area contributed by atoms with Gasteiger partial charge in [-0.25, -0.2) is 12.4 Å². The number of phenols is 1. The molecule has 1 N–H and O–H groups in total. The summed E-state index contributed by atoms with van der Waals surface area (Å²) in [6, 6.07) is 7.75. The van der Waals surface area contributed by atoms with Crippen molar-refractivity contribution in [3.8, 4) is 5.75 Å². The van der Waals surface area contributed by atoms with E-state index < -0.39 is 15.8 Å². The molecule has 3 aromatic rings. The quantitative estimate of drug-likeness (QED) is 0.580. The van der Waals surface area contributed by atoms with Crippen molar-refractivity contribution in [2.24, 2.45) is 0 Å². The Morgan fingerprint density at radius 2 is 1.79 bits per heavy atom. The van der Waals surface area contributed by atoms with Crippen LogP contribution in [0.3, 0.4) is 0 Å². The predicted octanol–water partition coefficient (Wildman–Crippen LogP) is 5.27. The van der Waals surface area contributed by atoms with Gasteiger partial charge in [-0.1, -0.05) is 39.1 Å². The third-order valence-corrected chi connectivity index (χ3v) is 6.74. The van der Waals surface area contributed by atoms with Crippen LogP contribution in [0.25, 0.3) is 10.9 Å². The number of hydrogen-bond acceptors (Lipinski definition) is 3. The summed E-state index contributed by atoms with van der Waals surface area (Å²) in [6.07, 6.45) is 0. The molecule has 126 valence electrons. The van der Waals surface area contributed by atoms with Gasteiger partial charge in [-0.3, -0.25) is 0 Å². The number of aryl methyl sites for hydroxylation is 1. The van der Waals surface area contributed by atoms with Crippen LogP contribution in [0.1, 0.15) is 11.3 Å². The van der Waals surface area contributed by atoms with Gasteiger partial charge >= 0.3 is 0 Å². The van der Waals surface area contributed by atoms with Gasteiger partial charge in [0.25, 0.3) is 10.0 Å². The lowest BCUT2D eigenvalue weighted by molar-refractivity contribution is 0.458. The Bertz CT molecular complexity index is 1090. The zero-order chi connectivity index (χ0) is 17.8. The van der Waals surface area contributed by atoms with Gasteiger partial charge in [0.05, 0.1) is 10.5 Å². The Morgan fingerprint density at radius 3 is 2.46 bits per heavy atom. The third kappa shape index (κ3) is 2.62. The molecule has 0 saturated heterocycles. The van der Waals surface area contributed by atoms with Gasteiger partial charge in [-0.2, -0.15) is 0 Å². The first kappa shape index (κ1) is 17.6. The lowest BCUT2D eigenvalue weighted by Crippen LogP contribution is -2.15. The molecular formula is C16H12BrCl2NO3S. The molecule has 24 heavy (non-hydrogen) atoms. The number of rotatable bonds is 2. The molecule has 0 aliphatic heterocycles. The second-order valence-electron chi connectivity index (χ2n) is 5.38. The van der Waals surface area contributed by atoms with Crippen LogP contribution in [-0.2, 0) is 10.0 Å². The molecule has 1 aromatic heterocycles. The molecule has 1 heterocycles. The SMILES string of the molecule is Cc1c(C)n(S(=O)(=O)c2cc(Br)cc(Cl)c2O)c2ccc(Cl)cc12. The molecule has 4 nitrogen and oxygen atoms in total. The van der Waals surface area contributed by atoms with Crippen LogP contribution in [-0.4, -0.2) is 17.5 Å². The first-order valence-corrected chi connectivity index (χ1v) is 9.84. The molecule has 0 amide bonds. The number of phenolic OH excluding ortho intramolecular Hbond substituents is 1. The van der Waals surface area contributed by atoms with Crippen molar-refractivity contribution in [3.05, 3.63) is 56.1 Å². The minimum atomic E-state index is -4.05. The summed E-state index contributed by atoms with van der Waals surface area (Å²) in [5.74, 6) is -0.479. The fourth-order valence-electron chi connectivity index (χ4n) is 2.66. The van der Waals surface area contributed by atoms with Crippen molar-refractivity contribution in [1.29, 1.82) is 0 Å². The first-order valence-electron chi connectivity index (χ1n) is 6.85. The van der Waals surface area contributed by atoms with Gasteiger partial charge in [-0.15, -0.1) is 0 Å². The van der Waals surface area contributed by atoms with Crippen molar-refractivity contribution < 1.29 is 13.5 Å². The molecule has 0 aliphatic rings. The average Bonchev–Trinajstić information content (AvgIpc) is 2.75. The van der Waals surface area contributed by atoms with Crippen LogP contribution in [0, 0.1) is 13.8 Å². The smallest absolute Gasteiger partial charge is 0.272 e. The number of benzene rings is 2. The number of hydrogen-bond donors (Lipinski definition) is 1. The van der Waals surface area contributed by atoms with Crippen LogP contribution in [0.2, 0.25) is 10.0 Å². The average molecular weight is 449 g/mol. The van der Waals surface area contributed by atoms with Crippen LogP contribution < -0.4 is 0 Å². The molecule has 3 rings (SSSR count). The Hall–Kier alpha value is -1.21. The van der Waals surface area contributed by atoms with Crippen molar-refractivity contribution in [2.45, 2.75) is 18.7 Å². The van der Waals surface area contributed by atoms with E-state index in [-0.39, 0.29) is 9.92 Å². The number of fused-ring (bicyclic) bond motifs is 1. The molecule has 0 bridgehead atoms. The van der Waals surface area contributed by atoms with Crippen LogP contribution in [0.15, 0.2) is 39.7 Å². The standard InChI is InChI=1S/C16H12BrCl2NO3S/c1-8-9(2)20(14-4-3-11(18)7-12(8)14)24(22,23)15-6-10(17)5-13(19)16(15)21/h3-7,21H,1-2H3. The molecule has 0 radical (unpaired) electrons. The second-order valence-corrected chi connectivity index (χ2v) is 8.89. The van der Waals surface area contributed by atoms with Gasteiger partial charge < -0.3 is 5.11 Å². The highest BCUT2D eigenvalue weighted by atomic mass is 79.9. The lowest BCUT2D eigenvalue weighted by atomic mass is 10.2. The van der Waals surface area contributed by atoms with E-state index in [9.17, 15) is 13.5 Å². The van der Waals surface area contributed by atoms with Gasteiger partial charge in [0.2, 0.25) is 0 Å². The van der Waals surface area contributed by atoms with Crippen molar-refractivity contribution in [1.82, 2.24) is 3.97 Å². The zero-order valence-electron chi connectivity index (χ0n) is 12.6. The zero-order valence-corrected chi connectivity index (χ0v) is 16.6. The fraction of sp³-hybridized carbons (Fsp3) is 0.125. The molecule has 0 atom stereocenters. The maximum Gasteiger partial charge on any atom is 0.272 e. The van der Waals surface area contributed by atoms with Gasteiger partial charge in [0, 0.05) is 20.6 Å². The summed E-state index contributed by atoms with van der Waals surface area (Å²) >= 11 is 15.2. The summed E-state index contributed by atoms with van der Waals surface area (Å²) in [5, 5.41) is 11.4. The molecule has 0 spiro atoms. The van der Waals surface area contributed by atoms with E-state index in [1.165, 1.54) is 16.1 Å². The fourth-order valence-corrected chi connectivity index (χ4v) is 5.59. The largest absolute Gasteiger partial charge is 0.505 e. The summed E-state index contributed by atoms with van der Waals surface area (Å²) < 4.78 is 28.0. The van der Waals surface area contributed by atoms with E-state index in [1.807, 2.05) is 6.92 Å². The second kappa shape index (κ2) is 5.95. The summed E-state index contributed by atoms with van der Waals surface area (Å²) in [4.78, 5) is -0.267. The van der Waals surface area contributed by atoms with Crippen molar-refractivity contribution >= 4 is 60.1 Å². The highest BCUT2D eigenvalue weighted by Crippen LogP contribution is 2.38. The summed E-state index contributed by atoms with van der Waals surface area (Å²) in [6.45, 7) is 3.53. The number of aromatic nitrogens is 1. The van der Waals surface area contributed by atoms with E-state index in [0.29, 0.717) is 20.7 Å². The predicted molar refractivity (Wildman–Crippen MR) is 99.8 cm³/mol. The van der Waals surface area contributed by atoms with E-state index in [2.05, 4.69) is 15.9 Å². The lowest BCUT2D eigenvalue weighted by Gasteiger charge is -2.13. The number of aromatic hydroxyl groups is 1. The Balaban J connectivity index is 2.41. The molecule has 0 unspecified atom stereocenters. The first-order chi connectivity index (χ1) is 11.1. The molecule has 8 heteroatoms. The van der Waals surface area contributed by atoms with Crippen molar-refractivity contribution in [3.63, 3.8) is 0 Å². The number of nitrogens with zero attached hydrogens (tertiary/aromatic N) is 1. The minimum absolute atomic E-state index is 0.0446. The van der Waals surface area contributed by atoms with Crippen LogP contribution >= 0.6 is 39.1 Å². The highest BCUT2D eigenvalue weighted by Gasteiger charge is 2.27. The normalized spacial score (nSPS) is 12.0. The van der Waals surface area contributed by atoms with E-state index in [4.69, 9.17) is 23.2 Å². The Morgan fingerprint density at radius 1 is 1.12 bits per heavy atom. The van der Waals surface area contributed by atoms with E-state index in [0.717, 1.165) is 10.9 Å². The van der Waals surface area contributed by atoms with Gasteiger partial charge in [-0.05, 0) is 49.7 Å². The Kier molecular flexibility index (Phi) is 4.36. The van der Waals surface area contributed by atoms with Gasteiger partial charge in [0.1, 0.15) is 4.90 Å². The minimum Gasteiger partial charge on any atom is -0.505 e. The molecule has 0 fully saturated rings. The molecule has 0 saturated carbocycles. The van der Waals surface area contributed by atoms with Crippen molar-refractivity contribution in [2.75, 3.05) is 0 Å². The monoisotopic (exact) mass is 447 g/mol. The Labute approximate surface area is 157 Å². The third-order valence-electron chi connectivity index (χ3n) is 3.94. The number of halogens is 3. The molecular weight excluding hydrogens is 437 g/mol. The van der Waals surface area contributed by atoms with E-state index >= 15 is 0 Å². The van der Waals surface area contributed by atoms with Gasteiger partial charge in [0.15, 0.2) is 5.75 Å². The molecule has 2 aromatic carbocycles. The van der Waals surface area contributed by atoms with E-state index in [1.54, 1.807) is 25.1 Å².